The van der Waals surface area contributed by atoms with Gasteiger partial charge in [-0.05, 0) is 34.8 Å². The van der Waals surface area contributed by atoms with Crippen LogP contribution in [0, 0.1) is 0 Å². The number of pyridine rings is 1. The van der Waals surface area contributed by atoms with Crippen molar-refractivity contribution in [2.24, 2.45) is 0 Å². The van der Waals surface area contributed by atoms with Crippen molar-refractivity contribution in [3.8, 4) is 0 Å². The zero-order chi connectivity index (χ0) is 15.5. The number of hydrogen-bond acceptors (Lipinski definition) is 4. The van der Waals surface area contributed by atoms with E-state index in [9.17, 15) is 13.5 Å². The molecular formula is C13H18BrClN2O3S. The summed E-state index contributed by atoms with van der Waals surface area (Å²) in [5.74, 6) is 0. The van der Waals surface area contributed by atoms with Crippen LogP contribution < -0.4 is 4.72 Å². The van der Waals surface area contributed by atoms with Crippen LogP contribution in [-0.2, 0) is 10.0 Å². The van der Waals surface area contributed by atoms with Crippen molar-refractivity contribution in [3.05, 3.63) is 21.9 Å². The minimum absolute atomic E-state index is 0.00181. The lowest BCUT2D eigenvalue weighted by Crippen LogP contribution is -2.42. The van der Waals surface area contributed by atoms with Gasteiger partial charge in [0.2, 0.25) is 10.0 Å². The first-order valence-electron chi connectivity index (χ1n) is 6.86. The van der Waals surface area contributed by atoms with Crippen molar-refractivity contribution in [2.45, 2.75) is 49.0 Å². The molecule has 5 nitrogen and oxygen atoms in total. The molecular weight excluding hydrogens is 380 g/mol. The summed E-state index contributed by atoms with van der Waals surface area (Å²) in [6, 6.07) is 1.40. The van der Waals surface area contributed by atoms with Crippen LogP contribution in [0.4, 0.5) is 0 Å². The van der Waals surface area contributed by atoms with Crippen LogP contribution in [0.1, 0.15) is 38.5 Å². The topological polar surface area (TPSA) is 79.3 Å². The third-order valence-corrected chi connectivity index (χ3v) is 5.95. The average Bonchev–Trinajstić information content (AvgIpc) is 2.65. The first kappa shape index (κ1) is 17.1. The molecule has 0 unspecified atom stereocenters. The second-order valence-corrected chi connectivity index (χ2v) is 8.41. The Kier molecular flexibility index (Phi) is 5.65. The van der Waals surface area contributed by atoms with Crippen LogP contribution in [0.3, 0.4) is 0 Å². The third kappa shape index (κ3) is 4.63. The first-order chi connectivity index (χ1) is 9.82. The lowest BCUT2D eigenvalue weighted by atomic mass is 9.95. The van der Waals surface area contributed by atoms with Gasteiger partial charge in [0.15, 0.2) is 0 Å². The molecule has 0 radical (unpaired) electrons. The van der Waals surface area contributed by atoms with Gasteiger partial charge >= 0.3 is 0 Å². The quantitative estimate of drug-likeness (QED) is 0.605. The van der Waals surface area contributed by atoms with Crippen molar-refractivity contribution in [1.29, 1.82) is 0 Å². The molecule has 0 saturated heterocycles. The minimum atomic E-state index is -3.80. The van der Waals surface area contributed by atoms with E-state index in [4.69, 9.17) is 11.6 Å². The molecule has 0 bridgehead atoms. The molecule has 1 aromatic heterocycles. The highest BCUT2D eigenvalue weighted by molar-refractivity contribution is 9.10. The maximum atomic E-state index is 12.3. The molecule has 2 N–H and O–H groups in total. The van der Waals surface area contributed by atoms with Crippen molar-refractivity contribution in [1.82, 2.24) is 9.71 Å². The number of sulfonamides is 1. The molecule has 2 rings (SSSR count). The van der Waals surface area contributed by atoms with Gasteiger partial charge in [0.1, 0.15) is 10.0 Å². The second-order valence-electron chi connectivity index (χ2n) is 5.41. The van der Waals surface area contributed by atoms with E-state index in [-0.39, 0.29) is 16.6 Å². The monoisotopic (exact) mass is 396 g/mol. The maximum absolute atomic E-state index is 12.3. The number of rotatable bonds is 4. The highest BCUT2D eigenvalue weighted by Gasteiger charge is 2.30. The van der Waals surface area contributed by atoms with Gasteiger partial charge < -0.3 is 5.11 Å². The van der Waals surface area contributed by atoms with Gasteiger partial charge in [0.05, 0.1) is 5.60 Å². The van der Waals surface area contributed by atoms with Gasteiger partial charge in [-0.1, -0.05) is 37.3 Å². The Morgan fingerprint density at radius 2 is 1.95 bits per heavy atom. The van der Waals surface area contributed by atoms with Crippen LogP contribution in [0.15, 0.2) is 21.6 Å². The summed E-state index contributed by atoms with van der Waals surface area (Å²) < 4.78 is 27.6. The number of nitrogens with zero attached hydrogens (tertiary/aromatic N) is 1. The second kappa shape index (κ2) is 6.91. The zero-order valence-corrected chi connectivity index (χ0v) is 14.6. The summed E-state index contributed by atoms with van der Waals surface area (Å²) in [6.45, 7) is -0.00181. The van der Waals surface area contributed by atoms with Crippen LogP contribution in [-0.4, -0.2) is 30.7 Å². The summed E-state index contributed by atoms with van der Waals surface area (Å²) in [5, 5.41) is 10.4. The van der Waals surface area contributed by atoms with Crippen molar-refractivity contribution in [2.75, 3.05) is 6.54 Å². The summed E-state index contributed by atoms with van der Waals surface area (Å²) in [4.78, 5) is 3.72. The lowest BCUT2D eigenvalue weighted by molar-refractivity contribution is 0.0303. The van der Waals surface area contributed by atoms with E-state index in [0.717, 1.165) is 25.7 Å². The fourth-order valence-corrected chi connectivity index (χ4v) is 4.52. The molecule has 0 atom stereocenters. The van der Waals surface area contributed by atoms with Gasteiger partial charge in [-0.3, -0.25) is 0 Å². The smallest absolute Gasteiger partial charge is 0.243 e. The lowest BCUT2D eigenvalue weighted by Gasteiger charge is -2.26. The largest absolute Gasteiger partial charge is 0.389 e. The molecule has 1 aromatic rings. The van der Waals surface area contributed by atoms with E-state index in [2.05, 4.69) is 25.6 Å². The summed E-state index contributed by atoms with van der Waals surface area (Å²) in [7, 11) is -3.80. The molecule has 21 heavy (non-hydrogen) atoms. The molecule has 118 valence electrons. The van der Waals surface area contributed by atoms with E-state index in [0.29, 0.717) is 17.3 Å². The van der Waals surface area contributed by atoms with Crippen LogP contribution in [0.25, 0.3) is 0 Å². The normalized spacial score (nSPS) is 19.2. The fraction of sp³-hybridized carbons (Fsp3) is 0.615. The molecule has 0 amide bonds. The predicted molar refractivity (Wildman–Crippen MR) is 84.8 cm³/mol. The SMILES string of the molecule is O=S(=O)(NCC1(O)CCCCCC1)c1cc(Br)cnc1Cl. The van der Waals surface area contributed by atoms with Crippen molar-refractivity contribution >= 4 is 37.6 Å². The molecule has 1 heterocycles. The van der Waals surface area contributed by atoms with Gasteiger partial charge in [0.25, 0.3) is 0 Å². The number of aliphatic hydroxyl groups is 1. The Balaban J connectivity index is 2.12. The number of nitrogens with one attached hydrogen (secondary N) is 1. The standard InChI is InChI=1S/C13H18BrClN2O3S/c14-10-7-11(12(15)16-8-10)21(19,20)17-9-13(18)5-3-1-2-4-6-13/h7-8,17-18H,1-6,9H2. The third-order valence-electron chi connectivity index (χ3n) is 3.69. The highest BCUT2D eigenvalue weighted by Crippen LogP contribution is 2.28. The average molecular weight is 398 g/mol. The Morgan fingerprint density at radius 1 is 1.33 bits per heavy atom. The van der Waals surface area contributed by atoms with E-state index in [1.54, 1.807) is 0 Å². The Hall–Kier alpha value is -0.210. The van der Waals surface area contributed by atoms with Gasteiger partial charge in [0, 0.05) is 17.2 Å². The fourth-order valence-electron chi connectivity index (χ4n) is 2.46. The first-order valence-corrected chi connectivity index (χ1v) is 9.51. The number of aromatic nitrogens is 1. The number of hydrogen-bond donors (Lipinski definition) is 2. The van der Waals surface area contributed by atoms with Crippen LogP contribution >= 0.6 is 27.5 Å². The van der Waals surface area contributed by atoms with Gasteiger partial charge in [-0.15, -0.1) is 0 Å². The zero-order valence-electron chi connectivity index (χ0n) is 11.5. The summed E-state index contributed by atoms with van der Waals surface area (Å²) >= 11 is 9.02. The predicted octanol–water partition coefficient (Wildman–Crippen LogP) is 2.86. The Labute approximate surface area is 138 Å². The summed E-state index contributed by atoms with van der Waals surface area (Å²) in [5.41, 5.74) is -0.977. The Morgan fingerprint density at radius 3 is 2.57 bits per heavy atom. The maximum Gasteiger partial charge on any atom is 0.243 e. The summed E-state index contributed by atoms with van der Waals surface area (Å²) in [6.07, 6.45) is 6.64. The highest BCUT2D eigenvalue weighted by atomic mass is 79.9. The minimum Gasteiger partial charge on any atom is -0.389 e. The van der Waals surface area contributed by atoms with E-state index < -0.39 is 15.6 Å². The number of halogens is 2. The van der Waals surface area contributed by atoms with E-state index >= 15 is 0 Å². The Bertz CT molecular complexity index is 601. The molecule has 1 aliphatic carbocycles. The van der Waals surface area contributed by atoms with Crippen molar-refractivity contribution in [3.63, 3.8) is 0 Å². The van der Waals surface area contributed by atoms with Gasteiger partial charge in [-0.2, -0.15) is 0 Å². The van der Waals surface area contributed by atoms with Crippen molar-refractivity contribution < 1.29 is 13.5 Å². The van der Waals surface area contributed by atoms with E-state index in [1.807, 2.05) is 0 Å². The molecule has 0 aromatic carbocycles. The van der Waals surface area contributed by atoms with Crippen LogP contribution in [0.5, 0.6) is 0 Å². The molecule has 0 spiro atoms. The molecule has 1 aliphatic rings. The molecule has 8 heteroatoms. The van der Waals surface area contributed by atoms with E-state index in [1.165, 1.54) is 12.3 Å². The molecule has 0 aliphatic heterocycles. The molecule has 1 saturated carbocycles. The van der Waals surface area contributed by atoms with Crippen LogP contribution in [0.2, 0.25) is 5.15 Å². The molecule has 1 fully saturated rings. The van der Waals surface area contributed by atoms with Gasteiger partial charge in [-0.25, -0.2) is 18.1 Å².